The molecule has 0 aliphatic rings. The van der Waals surface area contributed by atoms with Crippen molar-refractivity contribution >= 4 is 38.9 Å². The molecule has 36 heavy (non-hydrogen) atoms. The van der Waals surface area contributed by atoms with Crippen LogP contribution in [0.5, 0.6) is 17.2 Å². The van der Waals surface area contributed by atoms with E-state index in [9.17, 15) is 17.6 Å². The lowest BCUT2D eigenvalue weighted by Crippen LogP contribution is -2.29. The Morgan fingerprint density at radius 1 is 1.00 bits per heavy atom. The van der Waals surface area contributed by atoms with Gasteiger partial charge in [-0.15, -0.1) is 0 Å². The molecule has 1 N–H and O–H groups in total. The number of carbonyl (C=O) groups excluding carboxylic acids is 1. The van der Waals surface area contributed by atoms with Gasteiger partial charge in [-0.2, -0.15) is 0 Å². The largest absolute Gasteiger partial charge is 0.495 e. The molecule has 1 amide bonds. The molecule has 0 aliphatic heterocycles. The highest BCUT2D eigenvalue weighted by atomic mass is 35.5. The van der Waals surface area contributed by atoms with Crippen molar-refractivity contribution < 1.29 is 31.8 Å². The molecule has 3 aromatic carbocycles. The van der Waals surface area contributed by atoms with E-state index in [1.165, 1.54) is 50.6 Å². The van der Waals surface area contributed by atoms with Gasteiger partial charge >= 0.3 is 0 Å². The number of rotatable bonds is 10. The Bertz CT molecular complexity index is 1350. The van der Waals surface area contributed by atoms with Crippen LogP contribution in [-0.4, -0.2) is 41.4 Å². The lowest BCUT2D eigenvalue weighted by Gasteiger charge is -2.24. The molecule has 0 saturated carbocycles. The highest BCUT2D eigenvalue weighted by Crippen LogP contribution is 2.36. The zero-order valence-electron chi connectivity index (χ0n) is 20.2. The molecule has 0 aromatic heterocycles. The van der Waals surface area contributed by atoms with Crippen molar-refractivity contribution in [3.63, 3.8) is 0 Å². The molecular weight excluding hydrogens is 511 g/mol. The van der Waals surface area contributed by atoms with Gasteiger partial charge in [0, 0.05) is 23.3 Å². The maximum absolute atomic E-state index is 13.4. The lowest BCUT2D eigenvalue weighted by atomic mass is 10.1. The fourth-order valence-corrected chi connectivity index (χ4v) is 4.56. The van der Waals surface area contributed by atoms with Gasteiger partial charge in [0.25, 0.3) is 5.91 Å². The second-order valence-corrected chi connectivity index (χ2v) is 9.96. The molecular formula is C25H26ClFN2O6S. The van der Waals surface area contributed by atoms with E-state index in [0.717, 1.165) is 10.6 Å². The van der Waals surface area contributed by atoms with E-state index in [1.54, 1.807) is 25.1 Å². The molecule has 0 saturated heterocycles. The van der Waals surface area contributed by atoms with Crippen LogP contribution in [-0.2, 0) is 16.6 Å². The van der Waals surface area contributed by atoms with Crippen LogP contribution >= 0.6 is 11.6 Å². The molecule has 0 spiro atoms. The summed E-state index contributed by atoms with van der Waals surface area (Å²) in [7, 11) is -0.858. The summed E-state index contributed by atoms with van der Waals surface area (Å²) >= 11 is 6.14. The number of hydrogen-bond donors (Lipinski definition) is 1. The first-order chi connectivity index (χ1) is 17.1. The Labute approximate surface area is 214 Å². The SMILES string of the molecule is CCOc1ccc(C(=O)Nc2cc(OC)c(Cl)cc2OC)cc1CN(c1ccc(F)cc1)S(C)(=O)=O. The van der Waals surface area contributed by atoms with Gasteiger partial charge in [0.1, 0.15) is 23.1 Å². The number of halogens is 2. The maximum atomic E-state index is 13.4. The van der Waals surface area contributed by atoms with Crippen molar-refractivity contribution in [2.24, 2.45) is 0 Å². The number of methoxy groups -OCH3 is 2. The zero-order valence-corrected chi connectivity index (χ0v) is 21.7. The van der Waals surface area contributed by atoms with Crippen molar-refractivity contribution in [2.45, 2.75) is 13.5 Å². The molecule has 11 heteroatoms. The number of ether oxygens (including phenoxy) is 3. The molecule has 0 atom stereocenters. The third kappa shape index (κ3) is 6.38. The number of carbonyl (C=O) groups is 1. The van der Waals surface area contributed by atoms with E-state index in [1.807, 2.05) is 0 Å². The highest BCUT2D eigenvalue weighted by Gasteiger charge is 2.22. The number of nitrogens with one attached hydrogen (secondary N) is 1. The van der Waals surface area contributed by atoms with E-state index >= 15 is 0 Å². The first-order valence-corrected chi connectivity index (χ1v) is 13.0. The normalized spacial score (nSPS) is 11.1. The summed E-state index contributed by atoms with van der Waals surface area (Å²) in [6, 6.07) is 12.8. The molecule has 3 aromatic rings. The quantitative estimate of drug-likeness (QED) is 0.387. The first-order valence-electron chi connectivity index (χ1n) is 10.8. The molecule has 8 nitrogen and oxygen atoms in total. The predicted molar refractivity (Wildman–Crippen MR) is 138 cm³/mol. The van der Waals surface area contributed by atoms with Crippen LogP contribution in [0.1, 0.15) is 22.8 Å². The Kier molecular flexibility index (Phi) is 8.65. The van der Waals surface area contributed by atoms with Crippen LogP contribution in [0.15, 0.2) is 54.6 Å². The highest BCUT2D eigenvalue weighted by molar-refractivity contribution is 7.92. The van der Waals surface area contributed by atoms with Gasteiger partial charge in [-0.3, -0.25) is 9.10 Å². The van der Waals surface area contributed by atoms with Gasteiger partial charge in [-0.25, -0.2) is 12.8 Å². The van der Waals surface area contributed by atoms with E-state index in [2.05, 4.69) is 5.32 Å². The summed E-state index contributed by atoms with van der Waals surface area (Å²) in [5.41, 5.74) is 1.30. The van der Waals surface area contributed by atoms with Crippen molar-refractivity contribution in [2.75, 3.05) is 36.7 Å². The Morgan fingerprint density at radius 3 is 2.25 bits per heavy atom. The summed E-state index contributed by atoms with van der Waals surface area (Å²) in [4.78, 5) is 13.1. The minimum absolute atomic E-state index is 0.140. The van der Waals surface area contributed by atoms with Gasteiger partial charge < -0.3 is 19.5 Å². The minimum Gasteiger partial charge on any atom is -0.495 e. The van der Waals surface area contributed by atoms with Crippen molar-refractivity contribution in [1.82, 2.24) is 0 Å². The average molecular weight is 537 g/mol. The summed E-state index contributed by atoms with van der Waals surface area (Å²) in [5, 5.41) is 3.08. The zero-order chi connectivity index (χ0) is 26.5. The second-order valence-electron chi connectivity index (χ2n) is 7.64. The summed E-state index contributed by atoms with van der Waals surface area (Å²) in [5.74, 6) is 0.128. The van der Waals surface area contributed by atoms with Crippen LogP contribution in [0.2, 0.25) is 5.02 Å². The van der Waals surface area contributed by atoms with Crippen LogP contribution in [0.4, 0.5) is 15.8 Å². The van der Waals surface area contributed by atoms with E-state index < -0.39 is 21.7 Å². The molecule has 3 rings (SSSR count). The number of nitrogens with zero attached hydrogens (tertiary/aromatic N) is 1. The number of amides is 1. The van der Waals surface area contributed by atoms with Crippen LogP contribution in [0.3, 0.4) is 0 Å². The van der Waals surface area contributed by atoms with Crippen LogP contribution in [0, 0.1) is 5.82 Å². The average Bonchev–Trinajstić information content (AvgIpc) is 2.84. The lowest BCUT2D eigenvalue weighted by molar-refractivity contribution is 0.102. The Morgan fingerprint density at radius 2 is 1.67 bits per heavy atom. The molecule has 0 heterocycles. The molecule has 0 bridgehead atoms. The Balaban J connectivity index is 1.98. The smallest absolute Gasteiger partial charge is 0.255 e. The minimum atomic E-state index is -3.75. The van der Waals surface area contributed by atoms with Gasteiger partial charge in [0.2, 0.25) is 10.0 Å². The van der Waals surface area contributed by atoms with Gasteiger partial charge in [0.05, 0.1) is 50.0 Å². The van der Waals surface area contributed by atoms with Crippen molar-refractivity contribution in [1.29, 1.82) is 0 Å². The fourth-order valence-electron chi connectivity index (χ4n) is 3.46. The molecule has 0 aliphatic carbocycles. The topological polar surface area (TPSA) is 94.2 Å². The number of hydrogen-bond acceptors (Lipinski definition) is 6. The standard InChI is InChI=1S/C25H26ClFN2O6S/c1-5-35-22-11-6-16(25(30)28-21-14-23(33-2)20(26)13-24(21)34-3)12-17(22)15-29(36(4,31)32)19-9-7-18(27)8-10-19/h6-14H,5,15H2,1-4H3,(H,28,30). The molecule has 0 radical (unpaired) electrons. The van der Waals surface area contributed by atoms with Crippen molar-refractivity contribution in [3.8, 4) is 17.2 Å². The number of benzene rings is 3. The summed E-state index contributed by atoms with van der Waals surface area (Å²) in [6.45, 7) is 1.98. The van der Waals surface area contributed by atoms with Gasteiger partial charge in [0.15, 0.2) is 0 Å². The predicted octanol–water partition coefficient (Wildman–Crippen LogP) is 5.11. The van der Waals surface area contributed by atoms with Crippen LogP contribution in [0.25, 0.3) is 0 Å². The molecule has 192 valence electrons. The summed E-state index contributed by atoms with van der Waals surface area (Å²) in [6.07, 6.45) is 1.05. The summed E-state index contributed by atoms with van der Waals surface area (Å²) < 4.78 is 55.9. The van der Waals surface area contributed by atoms with Crippen molar-refractivity contribution in [3.05, 3.63) is 76.6 Å². The maximum Gasteiger partial charge on any atom is 0.255 e. The van der Waals surface area contributed by atoms with Crippen LogP contribution < -0.4 is 23.8 Å². The van der Waals surface area contributed by atoms with E-state index in [0.29, 0.717) is 40.1 Å². The molecule has 0 fully saturated rings. The van der Waals surface area contributed by atoms with Gasteiger partial charge in [-0.05, 0) is 49.4 Å². The first kappa shape index (κ1) is 27.1. The number of sulfonamides is 1. The van der Waals surface area contributed by atoms with E-state index in [-0.39, 0.29) is 17.8 Å². The third-order valence-electron chi connectivity index (χ3n) is 5.17. The van der Waals surface area contributed by atoms with Gasteiger partial charge in [-0.1, -0.05) is 11.6 Å². The third-order valence-corrected chi connectivity index (χ3v) is 6.61. The molecule has 0 unspecified atom stereocenters. The Hall–Kier alpha value is -3.50. The monoisotopic (exact) mass is 536 g/mol. The number of anilines is 2. The van der Waals surface area contributed by atoms with E-state index in [4.69, 9.17) is 25.8 Å². The fraction of sp³-hybridized carbons (Fsp3) is 0.240. The second kappa shape index (κ2) is 11.5.